The van der Waals surface area contributed by atoms with Crippen molar-refractivity contribution >= 4 is 17.3 Å². The van der Waals surface area contributed by atoms with Crippen molar-refractivity contribution in [1.82, 2.24) is 25.0 Å². The van der Waals surface area contributed by atoms with Gasteiger partial charge in [-0.15, -0.1) is 10.2 Å². The van der Waals surface area contributed by atoms with Crippen LogP contribution in [-0.2, 0) is 24.3 Å². The summed E-state index contributed by atoms with van der Waals surface area (Å²) < 4.78 is 2.20. The Labute approximate surface area is 195 Å². The Morgan fingerprint density at radius 2 is 1.76 bits per heavy atom. The predicted molar refractivity (Wildman–Crippen MR) is 129 cm³/mol. The van der Waals surface area contributed by atoms with E-state index in [9.17, 15) is 4.79 Å². The molecule has 1 aliphatic carbocycles. The second-order valence-corrected chi connectivity index (χ2v) is 9.22. The van der Waals surface area contributed by atoms with E-state index in [-0.39, 0.29) is 17.9 Å². The first-order valence-corrected chi connectivity index (χ1v) is 11.9. The predicted octanol–water partition coefficient (Wildman–Crippen LogP) is 3.69. The van der Waals surface area contributed by atoms with Gasteiger partial charge in [0, 0.05) is 56.9 Å². The second kappa shape index (κ2) is 9.35. The summed E-state index contributed by atoms with van der Waals surface area (Å²) in [7, 11) is 2.10. The van der Waals surface area contributed by atoms with Crippen molar-refractivity contribution in [3.63, 3.8) is 0 Å². The summed E-state index contributed by atoms with van der Waals surface area (Å²) in [6.45, 7) is 5.65. The molecule has 0 bridgehead atoms. The average molecular weight is 445 g/mol. The van der Waals surface area contributed by atoms with Gasteiger partial charge in [0.1, 0.15) is 5.82 Å². The maximum atomic E-state index is 12.2. The lowest BCUT2D eigenvalue weighted by Crippen LogP contribution is -2.31. The molecule has 1 fully saturated rings. The minimum Gasteiger partial charge on any atom is -0.346 e. The number of carbonyl (C=O) groups excluding carboxylic acids is 1. The molecule has 1 aliphatic heterocycles. The molecule has 33 heavy (non-hydrogen) atoms. The van der Waals surface area contributed by atoms with Gasteiger partial charge in [-0.1, -0.05) is 30.3 Å². The van der Waals surface area contributed by atoms with Crippen molar-refractivity contribution < 1.29 is 4.79 Å². The molecular formula is C26H32N6O. The van der Waals surface area contributed by atoms with E-state index in [0.29, 0.717) is 0 Å². The van der Waals surface area contributed by atoms with E-state index in [0.717, 1.165) is 57.1 Å². The van der Waals surface area contributed by atoms with Crippen molar-refractivity contribution in [1.29, 1.82) is 0 Å². The SMILES string of the molecule is C[C@@H](NC(=O)C1CC1)c1nnc2n1CCN(Cc1ccc(N(C)c3ccccc3)cc1)CC2. The number of nitrogens with zero attached hydrogens (tertiary/aromatic N) is 5. The Balaban J connectivity index is 1.19. The van der Waals surface area contributed by atoms with Crippen LogP contribution >= 0.6 is 0 Å². The van der Waals surface area contributed by atoms with E-state index in [1.165, 1.54) is 16.9 Å². The zero-order valence-electron chi connectivity index (χ0n) is 19.4. The molecule has 5 rings (SSSR count). The van der Waals surface area contributed by atoms with Gasteiger partial charge in [0.2, 0.25) is 5.91 Å². The van der Waals surface area contributed by atoms with Gasteiger partial charge >= 0.3 is 0 Å². The lowest BCUT2D eigenvalue weighted by Gasteiger charge is -2.22. The van der Waals surface area contributed by atoms with Gasteiger partial charge in [0.25, 0.3) is 0 Å². The number of amides is 1. The minimum atomic E-state index is -0.111. The summed E-state index contributed by atoms with van der Waals surface area (Å²) >= 11 is 0. The van der Waals surface area contributed by atoms with Crippen LogP contribution in [0.4, 0.5) is 11.4 Å². The van der Waals surface area contributed by atoms with E-state index in [1.807, 2.05) is 13.0 Å². The number of anilines is 2. The third-order valence-electron chi connectivity index (χ3n) is 6.71. The molecule has 0 radical (unpaired) electrons. The molecule has 0 unspecified atom stereocenters. The number of fused-ring (bicyclic) bond motifs is 1. The highest BCUT2D eigenvalue weighted by atomic mass is 16.2. The lowest BCUT2D eigenvalue weighted by atomic mass is 10.1. The molecule has 2 heterocycles. The number of benzene rings is 2. The van der Waals surface area contributed by atoms with Crippen LogP contribution in [0, 0.1) is 5.92 Å². The van der Waals surface area contributed by atoms with Crippen molar-refractivity contribution in [2.75, 3.05) is 25.0 Å². The van der Waals surface area contributed by atoms with Gasteiger partial charge in [-0.05, 0) is 49.6 Å². The Kier molecular flexibility index (Phi) is 6.13. The highest BCUT2D eigenvalue weighted by Crippen LogP contribution is 2.30. The summed E-state index contributed by atoms with van der Waals surface area (Å²) in [6.07, 6.45) is 2.88. The maximum absolute atomic E-state index is 12.2. The van der Waals surface area contributed by atoms with Crippen molar-refractivity contribution in [2.24, 2.45) is 5.92 Å². The van der Waals surface area contributed by atoms with E-state index < -0.39 is 0 Å². The number of carbonyl (C=O) groups is 1. The van der Waals surface area contributed by atoms with Crippen LogP contribution in [0.3, 0.4) is 0 Å². The highest BCUT2D eigenvalue weighted by molar-refractivity contribution is 5.81. The number of nitrogens with one attached hydrogen (secondary N) is 1. The van der Waals surface area contributed by atoms with Crippen LogP contribution in [0.15, 0.2) is 54.6 Å². The Bertz CT molecular complexity index is 1090. The fourth-order valence-corrected chi connectivity index (χ4v) is 4.49. The normalized spacial score (nSPS) is 17.2. The van der Waals surface area contributed by atoms with E-state index in [1.54, 1.807) is 0 Å². The van der Waals surface area contributed by atoms with E-state index >= 15 is 0 Å². The first-order valence-electron chi connectivity index (χ1n) is 11.9. The van der Waals surface area contributed by atoms with Gasteiger partial charge in [0.05, 0.1) is 6.04 Å². The zero-order chi connectivity index (χ0) is 22.8. The summed E-state index contributed by atoms with van der Waals surface area (Å²) in [6, 6.07) is 19.1. The maximum Gasteiger partial charge on any atom is 0.223 e. The van der Waals surface area contributed by atoms with Crippen LogP contribution in [0.2, 0.25) is 0 Å². The van der Waals surface area contributed by atoms with Gasteiger partial charge in [0.15, 0.2) is 5.82 Å². The Morgan fingerprint density at radius 3 is 2.48 bits per heavy atom. The van der Waals surface area contributed by atoms with Crippen molar-refractivity contribution in [2.45, 2.75) is 45.3 Å². The molecule has 0 saturated heterocycles. The highest BCUT2D eigenvalue weighted by Gasteiger charge is 2.31. The molecule has 1 aromatic heterocycles. The second-order valence-electron chi connectivity index (χ2n) is 9.22. The lowest BCUT2D eigenvalue weighted by molar-refractivity contribution is -0.123. The van der Waals surface area contributed by atoms with Gasteiger partial charge in [-0.25, -0.2) is 0 Å². The molecular weight excluding hydrogens is 412 g/mol. The summed E-state index contributed by atoms with van der Waals surface area (Å²) in [5.74, 6) is 2.23. The first kappa shape index (κ1) is 21.6. The van der Waals surface area contributed by atoms with Crippen LogP contribution in [0.25, 0.3) is 0 Å². The number of rotatable bonds is 7. The smallest absolute Gasteiger partial charge is 0.223 e. The molecule has 172 valence electrons. The molecule has 2 aromatic carbocycles. The fraction of sp³-hybridized carbons (Fsp3) is 0.423. The van der Waals surface area contributed by atoms with E-state index in [2.05, 4.69) is 85.5 Å². The molecule has 1 saturated carbocycles. The van der Waals surface area contributed by atoms with Gasteiger partial charge in [-0.2, -0.15) is 0 Å². The van der Waals surface area contributed by atoms with Crippen molar-refractivity contribution in [3.8, 4) is 0 Å². The molecule has 3 aromatic rings. The largest absolute Gasteiger partial charge is 0.346 e. The molecule has 2 aliphatic rings. The summed E-state index contributed by atoms with van der Waals surface area (Å²) in [5.41, 5.74) is 3.67. The third kappa shape index (κ3) is 4.93. The molecule has 1 N–H and O–H groups in total. The topological polar surface area (TPSA) is 66.3 Å². The first-order chi connectivity index (χ1) is 16.1. The molecule has 7 heteroatoms. The van der Waals surface area contributed by atoms with Crippen LogP contribution in [-0.4, -0.2) is 45.7 Å². The standard InChI is InChI=1S/C26H32N6O/c1-19(27-26(33)21-10-11-21)25-29-28-24-14-15-31(16-17-32(24)25)18-20-8-12-23(13-9-20)30(2)22-6-4-3-5-7-22/h3-9,12-13,19,21H,10-11,14-18H2,1-2H3,(H,27,33)/t19-/m1/s1. The molecule has 1 atom stereocenters. The van der Waals surface area contributed by atoms with Crippen LogP contribution in [0.5, 0.6) is 0 Å². The number of hydrogen-bond donors (Lipinski definition) is 1. The minimum absolute atomic E-state index is 0.111. The quantitative estimate of drug-likeness (QED) is 0.602. The zero-order valence-corrected chi connectivity index (χ0v) is 19.4. The monoisotopic (exact) mass is 444 g/mol. The van der Waals surface area contributed by atoms with Crippen LogP contribution in [0.1, 0.15) is 43.0 Å². The third-order valence-corrected chi connectivity index (χ3v) is 6.71. The number of para-hydroxylation sites is 1. The van der Waals surface area contributed by atoms with E-state index in [4.69, 9.17) is 0 Å². The summed E-state index contributed by atoms with van der Waals surface area (Å²) in [4.78, 5) is 16.8. The van der Waals surface area contributed by atoms with Gasteiger partial charge < -0.3 is 14.8 Å². The van der Waals surface area contributed by atoms with Crippen LogP contribution < -0.4 is 10.2 Å². The number of hydrogen-bond acceptors (Lipinski definition) is 5. The van der Waals surface area contributed by atoms with Crippen molar-refractivity contribution in [3.05, 3.63) is 71.8 Å². The molecule has 7 nitrogen and oxygen atoms in total. The molecule has 1 amide bonds. The Morgan fingerprint density at radius 1 is 1.03 bits per heavy atom. The fourth-order valence-electron chi connectivity index (χ4n) is 4.49. The molecule has 0 spiro atoms. The summed E-state index contributed by atoms with van der Waals surface area (Å²) in [5, 5.41) is 12.0. The average Bonchev–Trinajstić information content (AvgIpc) is 3.64. The number of aromatic nitrogens is 3. The Hall–Kier alpha value is -3.19. The van der Waals surface area contributed by atoms with Gasteiger partial charge in [-0.3, -0.25) is 9.69 Å².